The van der Waals surface area contributed by atoms with Crippen molar-refractivity contribution in [3.05, 3.63) is 23.8 Å². The zero-order valence-electron chi connectivity index (χ0n) is 8.99. The Hall–Kier alpha value is -1.22. The molecule has 3 heteroatoms. The Morgan fingerprint density at radius 3 is 2.60 bits per heavy atom. The maximum Gasteiger partial charge on any atom is 0.160 e. The van der Waals surface area contributed by atoms with Crippen LogP contribution in [0.25, 0.3) is 0 Å². The molecule has 15 heavy (non-hydrogen) atoms. The molecule has 0 atom stereocenters. The Kier molecular flexibility index (Phi) is 2.57. The van der Waals surface area contributed by atoms with Crippen molar-refractivity contribution in [1.82, 2.24) is 0 Å². The average molecular weight is 207 g/mol. The van der Waals surface area contributed by atoms with Crippen LogP contribution in [0.1, 0.15) is 24.8 Å². The molecule has 0 bridgehead atoms. The van der Waals surface area contributed by atoms with Crippen molar-refractivity contribution in [1.29, 1.82) is 0 Å². The topological polar surface area (TPSA) is 55.5 Å². The molecule has 1 aliphatic rings. The number of rotatable bonds is 3. The Bertz CT molecular complexity index is 353. The van der Waals surface area contributed by atoms with Crippen LogP contribution in [0.5, 0.6) is 11.5 Å². The van der Waals surface area contributed by atoms with E-state index in [0.717, 1.165) is 18.4 Å². The molecule has 0 saturated heterocycles. The molecular weight excluding hydrogens is 190 g/mol. The summed E-state index contributed by atoms with van der Waals surface area (Å²) in [6.45, 7) is 0.652. The predicted molar refractivity (Wildman–Crippen MR) is 59.2 cm³/mol. The lowest BCUT2D eigenvalue weighted by atomic mass is 9.64. The summed E-state index contributed by atoms with van der Waals surface area (Å²) < 4.78 is 5.02. The van der Waals surface area contributed by atoms with E-state index in [9.17, 15) is 5.11 Å². The molecule has 1 aromatic rings. The van der Waals surface area contributed by atoms with Crippen molar-refractivity contribution in [2.45, 2.75) is 24.7 Å². The number of phenolic OH excluding ortho intramolecular Hbond substituents is 1. The molecule has 3 N–H and O–H groups in total. The van der Waals surface area contributed by atoms with Crippen LogP contribution in [0, 0.1) is 0 Å². The van der Waals surface area contributed by atoms with Gasteiger partial charge in [0, 0.05) is 12.0 Å². The molecule has 1 aromatic carbocycles. The standard InChI is InChI=1S/C12H17NO2/c1-15-11-4-3-9(7-10(11)14)12(8-13)5-2-6-12/h3-4,7,14H,2,5-6,8,13H2,1H3. The Balaban J connectivity index is 2.33. The van der Waals surface area contributed by atoms with Gasteiger partial charge in [0.25, 0.3) is 0 Å². The van der Waals surface area contributed by atoms with Crippen LogP contribution in [-0.4, -0.2) is 18.8 Å². The fraction of sp³-hybridized carbons (Fsp3) is 0.500. The lowest BCUT2D eigenvalue weighted by Crippen LogP contribution is -2.41. The van der Waals surface area contributed by atoms with Crippen LogP contribution < -0.4 is 10.5 Å². The van der Waals surface area contributed by atoms with Gasteiger partial charge in [0.05, 0.1) is 7.11 Å². The number of phenols is 1. The highest BCUT2D eigenvalue weighted by Crippen LogP contribution is 2.44. The first-order valence-electron chi connectivity index (χ1n) is 5.29. The van der Waals surface area contributed by atoms with Gasteiger partial charge in [-0.25, -0.2) is 0 Å². The first kappa shape index (κ1) is 10.3. The van der Waals surface area contributed by atoms with E-state index in [1.54, 1.807) is 19.2 Å². The van der Waals surface area contributed by atoms with E-state index in [0.29, 0.717) is 12.3 Å². The molecule has 1 saturated carbocycles. The summed E-state index contributed by atoms with van der Waals surface area (Å²) in [6.07, 6.45) is 3.47. The van der Waals surface area contributed by atoms with Gasteiger partial charge in [-0.3, -0.25) is 0 Å². The van der Waals surface area contributed by atoms with Crippen LogP contribution in [0.15, 0.2) is 18.2 Å². The van der Waals surface area contributed by atoms with E-state index >= 15 is 0 Å². The highest BCUT2D eigenvalue weighted by atomic mass is 16.5. The smallest absolute Gasteiger partial charge is 0.160 e. The second-order valence-electron chi connectivity index (χ2n) is 4.22. The average Bonchev–Trinajstić information content (AvgIpc) is 2.17. The minimum Gasteiger partial charge on any atom is -0.504 e. The maximum atomic E-state index is 9.70. The number of hydrogen-bond acceptors (Lipinski definition) is 3. The second-order valence-corrected chi connectivity index (χ2v) is 4.22. The van der Waals surface area contributed by atoms with Crippen molar-refractivity contribution in [2.75, 3.05) is 13.7 Å². The molecule has 1 aliphatic carbocycles. The molecule has 1 fully saturated rings. The van der Waals surface area contributed by atoms with E-state index in [4.69, 9.17) is 10.5 Å². The molecule has 0 aromatic heterocycles. The molecule has 0 unspecified atom stereocenters. The van der Waals surface area contributed by atoms with Crippen LogP contribution in [0.4, 0.5) is 0 Å². The molecule has 0 aliphatic heterocycles. The predicted octanol–water partition coefficient (Wildman–Crippen LogP) is 1.78. The first-order chi connectivity index (χ1) is 7.22. The van der Waals surface area contributed by atoms with E-state index < -0.39 is 0 Å². The first-order valence-corrected chi connectivity index (χ1v) is 5.29. The Morgan fingerprint density at radius 1 is 1.47 bits per heavy atom. The SMILES string of the molecule is COc1ccc(C2(CN)CCC2)cc1O. The lowest BCUT2D eigenvalue weighted by molar-refractivity contribution is 0.251. The van der Waals surface area contributed by atoms with Gasteiger partial charge in [0.15, 0.2) is 11.5 Å². The summed E-state index contributed by atoms with van der Waals surface area (Å²) >= 11 is 0. The summed E-state index contributed by atoms with van der Waals surface area (Å²) in [6, 6.07) is 5.59. The highest BCUT2D eigenvalue weighted by molar-refractivity contribution is 5.45. The molecule has 82 valence electrons. The van der Waals surface area contributed by atoms with Crippen LogP contribution in [-0.2, 0) is 5.41 Å². The van der Waals surface area contributed by atoms with Crippen molar-refractivity contribution >= 4 is 0 Å². The summed E-state index contributed by atoms with van der Waals surface area (Å²) in [5.74, 6) is 0.722. The van der Waals surface area contributed by atoms with Crippen molar-refractivity contribution in [2.24, 2.45) is 5.73 Å². The molecule has 3 nitrogen and oxygen atoms in total. The van der Waals surface area contributed by atoms with Crippen molar-refractivity contribution < 1.29 is 9.84 Å². The molecule has 0 amide bonds. The van der Waals surface area contributed by atoms with E-state index in [1.165, 1.54) is 6.42 Å². The van der Waals surface area contributed by atoms with Crippen LogP contribution in [0.2, 0.25) is 0 Å². The number of ether oxygens (including phenoxy) is 1. The molecule has 0 heterocycles. The monoisotopic (exact) mass is 207 g/mol. The Morgan fingerprint density at radius 2 is 2.20 bits per heavy atom. The van der Waals surface area contributed by atoms with Gasteiger partial charge in [0.1, 0.15) is 0 Å². The third-order valence-electron chi connectivity index (χ3n) is 3.49. The molecular formula is C12H17NO2. The third kappa shape index (κ3) is 1.57. The normalized spacial score (nSPS) is 18.3. The quantitative estimate of drug-likeness (QED) is 0.794. The fourth-order valence-electron chi connectivity index (χ4n) is 2.23. The van der Waals surface area contributed by atoms with Crippen molar-refractivity contribution in [3.8, 4) is 11.5 Å². The van der Waals surface area contributed by atoms with Gasteiger partial charge in [-0.05, 0) is 30.5 Å². The number of aromatic hydroxyl groups is 1. The minimum atomic E-state index is 0.101. The van der Waals surface area contributed by atoms with E-state index in [2.05, 4.69) is 0 Å². The largest absolute Gasteiger partial charge is 0.504 e. The fourth-order valence-corrected chi connectivity index (χ4v) is 2.23. The third-order valence-corrected chi connectivity index (χ3v) is 3.49. The Labute approximate surface area is 89.9 Å². The zero-order chi connectivity index (χ0) is 10.9. The number of methoxy groups -OCH3 is 1. The van der Waals surface area contributed by atoms with Gasteiger partial charge in [0.2, 0.25) is 0 Å². The highest BCUT2D eigenvalue weighted by Gasteiger charge is 2.37. The molecule has 0 spiro atoms. The van der Waals surface area contributed by atoms with Gasteiger partial charge in [-0.15, -0.1) is 0 Å². The summed E-state index contributed by atoms with van der Waals surface area (Å²) in [7, 11) is 1.55. The van der Waals surface area contributed by atoms with Gasteiger partial charge in [-0.2, -0.15) is 0 Å². The minimum absolute atomic E-state index is 0.101. The maximum absolute atomic E-state index is 9.70. The molecule has 0 radical (unpaired) electrons. The van der Waals surface area contributed by atoms with Gasteiger partial charge < -0.3 is 15.6 Å². The number of nitrogens with two attached hydrogens (primary N) is 1. The number of benzene rings is 1. The number of hydrogen-bond donors (Lipinski definition) is 2. The van der Waals surface area contributed by atoms with Gasteiger partial charge >= 0.3 is 0 Å². The van der Waals surface area contributed by atoms with Crippen LogP contribution in [0.3, 0.4) is 0 Å². The second kappa shape index (κ2) is 3.74. The summed E-state index contributed by atoms with van der Waals surface area (Å²) in [5.41, 5.74) is 7.04. The van der Waals surface area contributed by atoms with Crippen molar-refractivity contribution in [3.63, 3.8) is 0 Å². The summed E-state index contributed by atoms with van der Waals surface area (Å²) in [5, 5.41) is 9.70. The lowest BCUT2D eigenvalue weighted by Gasteiger charge is -2.41. The molecule has 2 rings (SSSR count). The van der Waals surface area contributed by atoms with E-state index in [1.807, 2.05) is 6.07 Å². The summed E-state index contributed by atoms with van der Waals surface area (Å²) in [4.78, 5) is 0. The van der Waals surface area contributed by atoms with Crippen LogP contribution >= 0.6 is 0 Å². The van der Waals surface area contributed by atoms with Gasteiger partial charge in [-0.1, -0.05) is 12.5 Å². The van der Waals surface area contributed by atoms with E-state index in [-0.39, 0.29) is 11.2 Å². The zero-order valence-corrected chi connectivity index (χ0v) is 8.99.